The molecule has 2 saturated heterocycles. The van der Waals surface area contributed by atoms with Gasteiger partial charge in [-0.2, -0.15) is 0 Å². The molecular formula is C28H46Cl2N4O5. The average molecular weight is 590 g/mol. The third kappa shape index (κ3) is 12.8. The summed E-state index contributed by atoms with van der Waals surface area (Å²) in [5, 5.41) is 21.8. The first-order valence-corrected chi connectivity index (χ1v) is 13.8. The Hall–Kier alpha value is -2.07. The summed E-state index contributed by atoms with van der Waals surface area (Å²) in [6, 6.07) is 6.27. The van der Waals surface area contributed by atoms with Crippen LogP contribution in [0.4, 0.5) is 0 Å². The van der Waals surface area contributed by atoms with Crippen molar-refractivity contribution in [3.63, 3.8) is 0 Å². The minimum atomic E-state index is -1.02. The largest absolute Gasteiger partial charge is 0.497 e. The summed E-state index contributed by atoms with van der Waals surface area (Å²) in [5.74, 6) is 0.281. The Bertz CT molecular complexity index is 857. The zero-order valence-electron chi connectivity index (χ0n) is 22.9. The van der Waals surface area contributed by atoms with Gasteiger partial charge in [0.2, 0.25) is 11.8 Å². The molecule has 2 aliphatic rings. The van der Waals surface area contributed by atoms with Gasteiger partial charge in [0.15, 0.2) is 0 Å². The molecule has 1 aromatic rings. The van der Waals surface area contributed by atoms with Gasteiger partial charge in [-0.3, -0.25) is 14.4 Å². The van der Waals surface area contributed by atoms with Gasteiger partial charge in [0.1, 0.15) is 5.75 Å². The number of amides is 2. The van der Waals surface area contributed by atoms with Gasteiger partial charge >= 0.3 is 5.97 Å². The third-order valence-electron chi connectivity index (χ3n) is 7.77. The van der Waals surface area contributed by atoms with Crippen LogP contribution in [0.25, 0.3) is 0 Å². The van der Waals surface area contributed by atoms with Crippen LogP contribution < -0.4 is 26.0 Å². The lowest BCUT2D eigenvalue weighted by Gasteiger charge is -2.27. The third-order valence-corrected chi connectivity index (χ3v) is 7.77. The highest BCUT2D eigenvalue weighted by atomic mass is 35.5. The minimum Gasteiger partial charge on any atom is -0.497 e. The Kier molecular flexibility index (Phi) is 17.1. The summed E-state index contributed by atoms with van der Waals surface area (Å²) >= 11 is 0. The lowest BCUT2D eigenvalue weighted by Crippen LogP contribution is -2.41. The van der Waals surface area contributed by atoms with Gasteiger partial charge in [0, 0.05) is 5.92 Å². The van der Waals surface area contributed by atoms with Crippen molar-refractivity contribution in [2.45, 2.75) is 63.8 Å². The first-order valence-electron chi connectivity index (χ1n) is 13.8. The molecule has 1 aromatic carbocycles. The van der Waals surface area contributed by atoms with E-state index in [0.29, 0.717) is 23.1 Å². The number of rotatable bonds is 14. The number of halogens is 2. The zero-order valence-corrected chi connectivity index (χ0v) is 24.5. The van der Waals surface area contributed by atoms with Gasteiger partial charge in [-0.05, 0) is 107 Å². The Morgan fingerprint density at radius 1 is 0.974 bits per heavy atom. The summed E-state index contributed by atoms with van der Waals surface area (Å²) in [6.07, 6.45) is 8.11. The maximum Gasteiger partial charge on any atom is 0.305 e. The van der Waals surface area contributed by atoms with Crippen molar-refractivity contribution in [3.05, 3.63) is 29.8 Å². The van der Waals surface area contributed by atoms with Crippen molar-refractivity contribution in [2.24, 2.45) is 17.8 Å². The van der Waals surface area contributed by atoms with Crippen molar-refractivity contribution in [1.29, 1.82) is 0 Å². The standard InChI is InChI=1S/C28H44N4O5.2ClH/c1-37-24-4-2-3-23(17-24)25(18-27(34)35)32-26(33)19-31-28(36)22(7-5-20-9-13-29-14-10-20)8-6-21-11-15-30-16-12-21;;/h2-4,17,20-22,25,29-30H,5-16,18-19H2,1H3,(H,31,36)(H,32,33)(H,34,35);2*1H. The molecule has 5 N–H and O–H groups in total. The molecule has 0 radical (unpaired) electrons. The molecule has 0 bridgehead atoms. The van der Waals surface area contributed by atoms with E-state index < -0.39 is 17.9 Å². The molecule has 3 rings (SSSR count). The molecule has 9 nitrogen and oxygen atoms in total. The number of carbonyl (C=O) groups excluding carboxylic acids is 2. The number of benzene rings is 1. The molecule has 2 aliphatic heterocycles. The van der Waals surface area contributed by atoms with Crippen LogP contribution in [0.3, 0.4) is 0 Å². The van der Waals surface area contributed by atoms with Gasteiger partial charge in [-0.25, -0.2) is 0 Å². The van der Waals surface area contributed by atoms with Crippen LogP contribution in [0.2, 0.25) is 0 Å². The first kappa shape index (κ1) is 35.0. The van der Waals surface area contributed by atoms with E-state index in [4.69, 9.17) is 4.74 Å². The molecule has 1 unspecified atom stereocenters. The highest BCUT2D eigenvalue weighted by Crippen LogP contribution is 2.27. The predicted molar refractivity (Wildman–Crippen MR) is 157 cm³/mol. The van der Waals surface area contributed by atoms with E-state index in [9.17, 15) is 19.5 Å². The average Bonchev–Trinajstić information content (AvgIpc) is 2.92. The highest BCUT2D eigenvalue weighted by Gasteiger charge is 2.25. The maximum atomic E-state index is 13.2. The molecule has 0 saturated carbocycles. The Morgan fingerprint density at radius 3 is 2.05 bits per heavy atom. The van der Waals surface area contributed by atoms with E-state index >= 15 is 0 Å². The molecular weight excluding hydrogens is 543 g/mol. The number of hydrogen-bond acceptors (Lipinski definition) is 6. The Balaban J connectivity index is 0.00000380. The smallest absolute Gasteiger partial charge is 0.305 e. The monoisotopic (exact) mass is 588 g/mol. The van der Waals surface area contributed by atoms with Gasteiger partial charge in [-0.15, -0.1) is 24.8 Å². The normalized spacial score (nSPS) is 16.9. The topological polar surface area (TPSA) is 129 Å². The Morgan fingerprint density at radius 2 is 1.54 bits per heavy atom. The Labute approximate surface area is 244 Å². The SMILES string of the molecule is COc1cccc(C(CC(=O)O)NC(=O)CNC(=O)C(CCC2CCNCC2)CCC2CCNCC2)c1.Cl.Cl. The molecule has 222 valence electrons. The van der Waals surface area contributed by atoms with Crippen LogP contribution in [0.1, 0.15) is 69.4 Å². The lowest BCUT2D eigenvalue weighted by molar-refractivity contribution is -0.138. The molecule has 1 atom stereocenters. The van der Waals surface area contributed by atoms with E-state index in [1.807, 2.05) is 0 Å². The van der Waals surface area contributed by atoms with Crippen molar-refractivity contribution >= 4 is 42.6 Å². The molecule has 0 aliphatic carbocycles. The maximum absolute atomic E-state index is 13.2. The number of carboxylic acid groups (broad SMARTS) is 1. The number of carbonyl (C=O) groups is 3. The van der Waals surface area contributed by atoms with Crippen LogP contribution in [0.15, 0.2) is 24.3 Å². The van der Waals surface area contributed by atoms with Crippen LogP contribution >= 0.6 is 24.8 Å². The summed E-state index contributed by atoms with van der Waals surface area (Å²) < 4.78 is 5.23. The fourth-order valence-corrected chi connectivity index (χ4v) is 5.46. The summed E-state index contributed by atoms with van der Waals surface area (Å²) in [5.41, 5.74) is 0.642. The van der Waals surface area contributed by atoms with E-state index in [1.165, 1.54) is 7.11 Å². The second-order valence-electron chi connectivity index (χ2n) is 10.5. The van der Waals surface area contributed by atoms with Gasteiger partial charge in [0.25, 0.3) is 0 Å². The van der Waals surface area contributed by atoms with E-state index in [1.54, 1.807) is 24.3 Å². The molecule has 0 aromatic heterocycles. The van der Waals surface area contributed by atoms with E-state index in [-0.39, 0.29) is 49.6 Å². The van der Waals surface area contributed by atoms with Crippen LogP contribution in [-0.2, 0) is 14.4 Å². The number of aliphatic carboxylic acids is 1. The minimum absolute atomic E-state index is 0. The van der Waals surface area contributed by atoms with Gasteiger partial charge in [-0.1, -0.05) is 12.1 Å². The summed E-state index contributed by atoms with van der Waals surface area (Å²) in [7, 11) is 1.53. The van der Waals surface area contributed by atoms with E-state index in [0.717, 1.165) is 77.5 Å². The number of piperidine rings is 2. The van der Waals surface area contributed by atoms with Gasteiger partial charge in [0.05, 0.1) is 26.1 Å². The van der Waals surface area contributed by atoms with Crippen LogP contribution in [0.5, 0.6) is 5.75 Å². The summed E-state index contributed by atoms with van der Waals surface area (Å²) in [6.45, 7) is 4.00. The predicted octanol–water partition coefficient (Wildman–Crippen LogP) is 3.46. The van der Waals surface area contributed by atoms with Crippen molar-refractivity contribution in [3.8, 4) is 5.75 Å². The van der Waals surface area contributed by atoms with Crippen molar-refractivity contribution < 1.29 is 24.2 Å². The number of methoxy groups -OCH3 is 1. The lowest BCUT2D eigenvalue weighted by atomic mass is 9.84. The van der Waals surface area contributed by atoms with Crippen molar-refractivity contribution in [2.75, 3.05) is 39.8 Å². The molecule has 11 heteroatoms. The number of carboxylic acids is 1. The molecule has 2 amide bonds. The van der Waals surface area contributed by atoms with E-state index in [2.05, 4.69) is 21.3 Å². The summed E-state index contributed by atoms with van der Waals surface area (Å²) in [4.78, 5) is 37.3. The van der Waals surface area contributed by atoms with Crippen molar-refractivity contribution in [1.82, 2.24) is 21.3 Å². The zero-order chi connectivity index (χ0) is 26.5. The number of ether oxygens (including phenoxy) is 1. The first-order chi connectivity index (χ1) is 17.9. The second kappa shape index (κ2) is 19.1. The fraction of sp³-hybridized carbons (Fsp3) is 0.679. The number of nitrogens with one attached hydrogen (secondary N) is 4. The van der Waals surface area contributed by atoms with Gasteiger partial charge < -0.3 is 31.1 Å². The van der Waals surface area contributed by atoms with Crippen LogP contribution in [0, 0.1) is 17.8 Å². The molecule has 2 fully saturated rings. The fourth-order valence-electron chi connectivity index (χ4n) is 5.46. The second-order valence-corrected chi connectivity index (χ2v) is 10.5. The molecule has 0 spiro atoms. The molecule has 2 heterocycles. The molecule has 39 heavy (non-hydrogen) atoms. The highest BCUT2D eigenvalue weighted by molar-refractivity contribution is 5.86. The quantitative estimate of drug-likeness (QED) is 0.225. The van der Waals surface area contributed by atoms with Crippen LogP contribution in [-0.4, -0.2) is 62.7 Å². The number of hydrogen-bond donors (Lipinski definition) is 5.